The average Bonchev–Trinajstić information content (AvgIpc) is 2.82. The van der Waals surface area contributed by atoms with Crippen molar-refractivity contribution in [3.05, 3.63) is 83.7 Å². The van der Waals surface area contributed by atoms with Gasteiger partial charge in [0.05, 0.1) is 12.2 Å². The molecule has 1 atom stereocenters. The van der Waals surface area contributed by atoms with Crippen LogP contribution < -0.4 is 19.7 Å². The molecular formula is C26H25FN2O4. The van der Waals surface area contributed by atoms with Crippen LogP contribution in [0.1, 0.15) is 25.0 Å². The third-order valence-corrected chi connectivity index (χ3v) is 5.41. The number of hydrogen-bond acceptors (Lipinski definition) is 4. The summed E-state index contributed by atoms with van der Waals surface area (Å²) in [5.41, 5.74) is 3.02. The zero-order valence-corrected chi connectivity index (χ0v) is 18.5. The predicted molar refractivity (Wildman–Crippen MR) is 124 cm³/mol. The zero-order chi connectivity index (χ0) is 23.4. The van der Waals surface area contributed by atoms with Crippen LogP contribution in [0.5, 0.6) is 11.5 Å². The van der Waals surface area contributed by atoms with E-state index in [4.69, 9.17) is 9.47 Å². The lowest BCUT2D eigenvalue weighted by Crippen LogP contribution is -2.44. The number of aryl methyl sites for hydroxylation is 1. The quantitative estimate of drug-likeness (QED) is 0.568. The van der Waals surface area contributed by atoms with Crippen LogP contribution >= 0.6 is 0 Å². The highest BCUT2D eigenvalue weighted by Gasteiger charge is 2.31. The highest BCUT2D eigenvalue weighted by molar-refractivity contribution is 6.01. The van der Waals surface area contributed by atoms with Gasteiger partial charge in [-0.2, -0.15) is 0 Å². The molecule has 1 heterocycles. The fourth-order valence-corrected chi connectivity index (χ4v) is 3.59. The topological polar surface area (TPSA) is 67.9 Å². The van der Waals surface area contributed by atoms with Crippen molar-refractivity contribution in [1.82, 2.24) is 0 Å². The number of carbonyl (C=O) groups is 2. The first-order chi connectivity index (χ1) is 15.9. The molecule has 0 saturated heterocycles. The summed E-state index contributed by atoms with van der Waals surface area (Å²) < 4.78 is 24.6. The van der Waals surface area contributed by atoms with Crippen molar-refractivity contribution in [1.29, 1.82) is 0 Å². The monoisotopic (exact) mass is 448 g/mol. The molecule has 0 spiro atoms. The summed E-state index contributed by atoms with van der Waals surface area (Å²) in [6, 6.07) is 18.7. The largest absolute Gasteiger partial charge is 0.484 e. The van der Waals surface area contributed by atoms with E-state index in [-0.39, 0.29) is 30.8 Å². The van der Waals surface area contributed by atoms with E-state index in [0.717, 1.165) is 12.0 Å². The van der Waals surface area contributed by atoms with Gasteiger partial charge in [0.2, 0.25) is 0 Å². The fraction of sp³-hybridized carbons (Fsp3) is 0.231. The van der Waals surface area contributed by atoms with Crippen LogP contribution in [0.2, 0.25) is 0 Å². The van der Waals surface area contributed by atoms with Crippen molar-refractivity contribution < 1.29 is 23.5 Å². The number of benzene rings is 3. The van der Waals surface area contributed by atoms with E-state index in [2.05, 4.69) is 12.2 Å². The van der Waals surface area contributed by atoms with Crippen LogP contribution in [-0.2, 0) is 22.6 Å². The molecule has 2 amide bonds. The minimum absolute atomic E-state index is 0.145. The summed E-state index contributed by atoms with van der Waals surface area (Å²) in [6.45, 7) is 3.87. The molecule has 33 heavy (non-hydrogen) atoms. The van der Waals surface area contributed by atoms with E-state index in [1.807, 2.05) is 24.3 Å². The van der Waals surface area contributed by atoms with Gasteiger partial charge < -0.3 is 19.7 Å². The molecule has 7 heteroatoms. The van der Waals surface area contributed by atoms with Gasteiger partial charge in [-0.05, 0) is 66.9 Å². The van der Waals surface area contributed by atoms with Crippen molar-refractivity contribution in [2.75, 3.05) is 16.8 Å². The summed E-state index contributed by atoms with van der Waals surface area (Å²) in [5.74, 6) is 0.278. The van der Waals surface area contributed by atoms with Gasteiger partial charge in [0.25, 0.3) is 11.8 Å². The molecule has 0 saturated carbocycles. The molecule has 1 aliphatic rings. The van der Waals surface area contributed by atoms with E-state index in [1.165, 1.54) is 17.7 Å². The molecule has 3 aromatic rings. The van der Waals surface area contributed by atoms with Crippen LogP contribution in [0.15, 0.2) is 66.7 Å². The normalized spacial score (nSPS) is 14.9. The molecule has 0 aliphatic carbocycles. The number of nitrogens with zero attached hydrogens (tertiary/aromatic N) is 1. The van der Waals surface area contributed by atoms with Crippen LogP contribution in [0.3, 0.4) is 0 Å². The average molecular weight is 448 g/mol. The number of ether oxygens (including phenoxy) is 2. The molecule has 0 radical (unpaired) electrons. The Labute approximate surface area is 191 Å². The van der Waals surface area contributed by atoms with Crippen molar-refractivity contribution in [2.24, 2.45) is 0 Å². The summed E-state index contributed by atoms with van der Waals surface area (Å²) in [6.07, 6.45) is 0.285. The number of halogens is 1. The zero-order valence-electron chi connectivity index (χ0n) is 18.5. The summed E-state index contributed by atoms with van der Waals surface area (Å²) in [4.78, 5) is 26.8. The van der Waals surface area contributed by atoms with Gasteiger partial charge >= 0.3 is 0 Å². The van der Waals surface area contributed by atoms with Gasteiger partial charge in [-0.15, -0.1) is 0 Å². The van der Waals surface area contributed by atoms with Gasteiger partial charge in [0.15, 0.2) is 12.7 Å². The predicted octanol–water partition coefficient (Wildman–Crippen LogP) is 4.72. The van der Waals surface area contributed by atoms with Gasteiger partial charge in [0.1, 0.15) is 17.3 Å². The lowest BCUT2D eigenvalue weighted by atomic mass is 10.1. The first-order valence-corrected chi connectivity index (χ1v) is 10.8. The second-order valence-electron chi connectivity index (χ2n) is 7.83. The molecule has 0 fully saturated rings. The smallest absolute Gasteiger partial charge is 0.268 e. The van der Waals surface area contributed by atoms with Crippen molar-refractivity contribution in [3.8, 4) is 11.5 Å². The number of hydrogen-bond donors (Lipinski definition) is 1. The highest BCUT2D eigenvalue weighted by Crippen LogP contribution is 2.37. The molecule has 1 N–H and O–H groups in total. The molecule has 4 rings (SSSR count). The second kappa shape index (κ2) is 9.73. The summed E-state index contributed by atoms with van der Waals surface area (Å²) in [5, 5.41) is 2.80. The fourth-order valence-electron chi connectivity index (χ4n) is 3.59. The standard InChI is InChI=1S/C26H25FN2O4/c1-3-18-6-11-22(12-7-18)32-16-25(30)28-21-10-13-24-23(14-21)29(26(31)17(2)33-24)15-19-4-8-20(27)9-5-19/h4-14,17H,3,15-16H2,1-2H3,(H,28,30). The summed E-state index contributed by atoms with van der Waals surface area (Å²) >= 11 is 0. The van der Waals surface area contributed by atoms with Crippen molar-refractivity contribution in [2.45, 2.75) is 32.9 Å². The van der Waals surface area contributed by atoms with Gasteiger partial charge in [0, 0.05) is 5.69 Å². The van der Waals surface area contributed by atoms with Crippen molar-refractivity contribution in [3.63, 3.8) is 0 Å². The van der Waals surface area contributed by atoms with Crippen molar-refractivity contribution >= 4 is 23.2 Å². The lowest BCUT2D eigenvalue weighted by molar-refractivity contribution is -0.125. The molecule has 0 aromatic heterocycles. The Hall–Kier alpha value is -3.87. The lowest BCUT2D eigenvalue weighted by Gasteiger charge is -2.33. The minimum atomic E-state index is -0.647. The molecule has 0 bridgehead atoms. The van der Waals surface area contributed by atoms with Gasteiger partial charge in [-0.3, -0.25) is 9.59 Å². The maximum atomic E-state index is 13.3. The number of rotatable bonds is 7. The number of fused-ring (bicyclic) bond motifs is 1. The number of anilines is 2. The molecular weight excluding hydrogens is 423 g/mol. The van der Waals surface area contributed by atoms with Crippen LogP contribution in [-0.4, -0.2) is 24.5 Å². The first-order valence-electron chi connectivity index (χ1n) is 10.8. The first kappa shape index (κ1) is 22.3. The Morgan fingerprint density at radius 3 is 2.45 bits per heavy atom. The van der Waals surface area contributed by atoms with E-state index >= 15 is 0 Å². The Kier molecular flexibility index (Phi) is 6.58. The number of nitrogens with one attached hydrogen (secondary N) is 1. The minimum Gasteiger partial charge on any atom is -0.484 e. The Bertz CT molecular complexity index is 1150. The third kappa shape index (κ3) is 5.31. The van der Waals surface area contributed by atoms with Crippen LogP contribution in [0, 0.1) is 5.82 Å². The highest BCUT2D eigenvalue weighted by atomic mass is 19.1. The van der Waals surface area contributed by atoms with E-state index in [9.17, 15) is 14.0 Å². The maximum Gasteiger partial charge on any atom is 0.268 e. The number of carbonyl (C=O) groups excluding carboxylic acids is 2. The Morgan fingerprint density at radius 1 is 1.06 bits per heavy atom. The SMILES string of the molecule is CCc1ccc(OCC(=O)Nc2ccc3c(c2)N(Cc2ccc(F)cc2)C(=O)C(C)O3)cc1. The molecule has 1 unspecified atom stereocenters. The third-order valence-electron chi connectivity index (χ3n) is 5.41. The Morgan fingerprint density at radius 2 is 1.76 bits per heavy atom. The van der Waals surface area contributed by atoms with Gasteiger partial charge in [-0.25, -0.2) is 4.39 Å². The molecule has 1 aliphatic heterocycles. The van der Waals surface area contributed by atoms with Gasteiger partial charge in [-0.1, -0.05) is 31.2 Å². The van der Waals surface area contributed by atoms with E-state index < -0.39 is 6.10 Å². The maximum absolute atomic E-state index is 13.3. The van der Waals surface area contributed by atoms with E-state index in [0.29, 0.717) is 22.9 Å². The molecule has 3 aromatic carbocycles. The van der Waals surface area contributed by atoms with E-state index in [1.54, 1.807) is 42.2 Å². The van der Waals surface area contributed by atoms with Crippen LogP contribution in [0.4, 0.5) is 15.8 Å². The molecule has 170 valence electrons. The second-order valence-corrected chi connectivity index (χ2v) is 7.83. The molecule has 6 nitrogen and oxygen atoms in total. The van der Waals surface area contributed by atoms with Crippen LogP contribution in [0.25, 0.3) is 0 Å². The Balaban J connectivity index is 1.47. The summed E-state index contributed by atoms with van der Waals surface area (Å²) in [7, 11) is 0. The number of amides is 2.